The van der Waals surface area contributed by atoms with Gasteiger partial charge in [0.15, 0.2) is 0 Å². The molecule has 2 rings (SSSR count). The number of rotatable bonds is 2. The first-order valence-electron chi connectivity index (χ1n) is 4.79. The van der Waals surface area contributed by atoms with Crippen LogP contribution in [0.4, 0.5) is 0 Å². The predicted octanol–water partition coefficient (Wildman–Crippen LogP) is 2.79. The highest BCUT2D eigenvalue weighted by molar-refractivity contribution is 7.85. The predicted molar refractivity (Wildman–Crippen MR) is 57.9 cm³/mol. The monoisotopic (exact) mass is 229 g/mol. The van der Waals surface area contributed by atoms with Gasteiger partial charge in [-0.1, -0.05) is 24.4 Å². The summed E-state index contributed by atoms with van der Waals surface area (Å²) in [4.78, 5) is 4.75. The summed E-state index contributed by atoms with van der Waals surface area (Å²) in [5, 5.41) is 0.787. The van der Waals surface area contributed by atoms with Crippen LogP contribution < -0.4 is 0 Å². The summed E-state index contributed by atoms with van der Waals surface area (Å²) in [6.07, 6.45) is 6.19. The second-order valence-electron chi connectivity index (χ2n) is 3.52. The normalized spacial score (nSPS) is 19.8. The van der Waals surface area contributed by atoms with Crippen LogP contribution in [0.3, 0.4) is 0 Å². The van der Waals surface area contributed by atoms with E-state index in [0.717, 1.165) is 17.7 Å². The zero-order valence-electron chi connectivity index (χ0n) is 7.78. The summed E-state index contributed by atoms with van der Waals surface area (Å²) < 4.78 is 12.0. The van der Waals surface area contributed by atoms with E-state index in [0.29, 0.717) is 10.4 Å². The fourth-order valence-electron chi connectivity index (χ4n) is 1.78. The van der Waals surface area contributed by atoms with Crippen molar-refractivity contribution in [2.24, 2.45) is 0 Å². The zero-order chi connectivity index (χ0) is 9.97. The SMILES string of the molecule is O=S(c1ccc(Cl)nc1)C1CCCC1. The van der Waals surface area contributed by atoms with E-state index in [1.807, 2.05) is 6.07 Å². The number of hydrogen-bond donors (Lipinski definition) is 0. The molecule has 0 radical (unpaired) electrons. The third-order valence-corrected chi connectivity index (χ3v) is 4.54. The van der Waals surface area contributed by atoms with Crippen molar-refractivity contribution in [3.05, 3.63) is 23.5 Å². The fourth-order valence-corrected chi connectivity index (χ4v) is 3.39. The van der Waals surface area contributed by atoms with Gasteiger partial charge in [-0.05, 0) is 25.0 Å². The molecule has 0 N–H and O–H groups in total. The Kier molecular flexibility index (Phi) is 3.19. The molecule has 4 heteroatoms. The molecule has 14 heavy (non-hydrogen) atoms. The number of halogens is 1. The van der Waals surface area contributed by atoms with Crippen LogP contribution in [0.5, 0.6) is 0 Å². The molecule has 1 aliphatic carbocycles. The zero-order valence-corrected chi connectivity index (χ0v) is 9.35. The average molecular weight is 230 g/mol. The highest BCUT2D eigenvalue weighted by atomic mass is 35.5. The molecule has 2 nitrogen and oxygen atoms in total. The molecule has 1 fully saturated rings. The van der Waals surface area contributed by atoms with Gasteiger partial charge < -0.3 is 0 Å². The van der Waals surface area contributed by atoms with Crippen molar-refractivity contribution in [1.82, 2.24) is 4.98 Å². The Bertz CT molecular complexity index is 332. The third-order valence-electron chi connectivity index (χ3n) is 2.54. The summed E-state index contributed by atoms with van der Waals surface area (Å²) in [6.45, 7) is 0. The van der Waals surface area contributed by atoms with E-state index in [-0.39, 0.29) is 0 Å². The molecule has 0 aliphatic heterocycles. The van der Waals surface area contributed by atoms with Crippen molar-refractivity contribution in [3.8, 4) is 0 Å². The van der Waals surface area contributed by atoms with E-state index in [4.69, 9.17) is 11.6 Å². The van der Waals surface area contributed by atoms with Gasteiger partial charge in [0.1, 0.15) is 5.15 Å². The quantitative estimate of drug-likeness (QED) is 0.730. The Labute approximate surface area is 91.1 Å². The highest BCUT2D eigenvalue weighted by Gasteiger charge is 2.22. The first kappa shape index (κ1) is 10.1. The maximum atomic E-state index is 12.0. The van der Waals surface area contributed by atoms with Gasteiger partial charge in [-0.2, -0.15) is 0 Å². The smallest absolute Gasteiger partial charge is 0.129 e. The van der Waals surface area contributed by atoms with Crippen LogP contribution in [0, 0.1) is 0 Å². The van der Waals surface area contributed by atoms with Gasteiger partial charge in [0, 0.05) is 11.4 Å². The summed E-state index contributed by atoms with van der Waals surface area (Å²) >= 11 is 5.67. The van der Waals surface area contributed by atoms with E-state index in [2.05, 4.69) is 4.98 Å². The average Bonchev–Trinajstić information content (AvgIpc) is 2.71. The second kappa shape index (κ2) is 4.41. The summed E-state index contributed by atoms with van der Waals surface area (Å²) in [5.74, 6) is 0. The Morgan fingerprint density at radius 3 is 2.64 bits per heavy atom. The maximum absolute atomic E-state index is 12.0. The van der Waals surface area contributed by atoms with Crippen molar-refractivity contribution in [2.75, 3.05) is 0 Å². The molecular formula is C10H12ClNOS. The number of aromatic nitrogens is 1. The molecular weight excluding hydrogens is 218 g/mol. The van der Waals surface area contributed by atoms with Gasteiger partial charge in [0.25, 0.3) is 0 Å². The van der Waals surface area contributed by atoms with Crippen LogP contribution in [0.2, 0.25) is 5.15 Å². The number of hydrogen-bond acceptors (Lipinski definition) is 2. The molecule has 0 saturated heterocycles. The summed E-state index contributed by atoms with van der Waals surface area (Å²) in [7, 11) is -0.888. The topological polar surface area (TPSA) is 30.0 Å². The Hall–Kier alpha value is -0.410. The highest BCUT2D eigenvalue weighted by Crippen LogP contribution is 2.26. The van der Waals surface area contributed by atoms with E-state index >= 15 is 0 Å². The van der Waals surface area contributed by atoms with Gasteiger partial charge in [-0.3, -0.25) is 4.21 Å². The first-order valence-corrected chi connectivity index (χ1v) is 6.38. The molecule has 0 bridgehead atoms. The van der Waals surface area contributed by atoms with E-state index in [9.17, 15) is 4.21 Å². The van der Waals surface area contributed by atoms with Crippen LogP contribution in [0.1, 0.15) is 25.7 Å². The van der Waals surface area contributed by atoms with E-state index in [1.165, 1.54) is 12.8 Å². The molecule has 76 valence electrons. The minimum Gasteiger partial charge on any atom is -0.254 e. The molecule has 1 atom stereocenters. The van der Waals surface area contributed by atoms with Crippen LogP contribution in [0.15, 0.2) is 23.2 Å². The van der Waals surface area contributed by atoms with Crippen molar-refractivity contribution in [3.63, 3.8) is 0 Å². The second-order valence-corrected chi connectivity index (χ2v) is 5.64. The van der Waals surface area contributed by atoms with Gasteiger partial charge in [-0.25, -0.2) is 4.98 Å². The number of pyridine rings is 1. The first-order chi connectivity index (χ1) is 6.77. The fraction of sp³-hybridized carbons (Fsp3) is 0.500. The Balaban J connectivity index is 2.14. The van der Waals surface area contributed by atoms with Gasteiger partial charge >= 0.3 is 0 Å². The Morgan fingerprint density at radius 1 is 1.36 bits per heavy atom. The largest absolute Gasteiger partial charge is 0.254 e. The van der Waals surface area contributed by atoms with Crippen LogP contribution in [-0.2, 0) is 10.8 Å². The Morgan fingerprint density at radius 2 is 2.07 bits per heavy atom. The lowest BCUT2D eigenvalue weighted by Crippen LogP contribution is -2.10. The standard InChI is InChI=1S/C10H12ClNOS/c11-10-6-5-9(7-12-10)14(13)8-3-1-2-4-8/h5-8H,1-4H2. The van der Waals surface area contributed by atoms with Crippen LogP contribution in [-0.4, -0.2) is 14.4 Å². The minimum absolute atomic E-state index is 0.331. The van der Waals surface area contributed by atoms with Crippen LogP contribution >= 0.6 is 11.6 Å². The number of nitrogens with zero attached hydrogens (tertiary/aromatic N) is 1. The molecule has 1 aromatic heterocycles. The third kappa shape index (κ3) is 2.15. The van der Waals surface area contributed by atoms with Gasteiger partial charge in [-0.15, -0.1) is 0 Å². The summed E-state index contributed by atoms with van der Waals surface area (Å²) in [6, 6.07) is 3.51. The molecule has 1 unspecified atom stereocenters. The van der Waals surface area contributed by atoms with Crippen molar-refractivity contribution >= 4 is 22.4 Å². The van der Waals surface area contributed by atoms with Gasteiger partial charge in [0.05, 0.1) is 15.7 Å². The molecule has 1 heterocycles. The lowest BCUT2D eigenvalue weighted by Gasteiger charge is -2.08. The summed E-state index contributed by atoms with van der Waals surface area (Å²) in [5.41, 5.74) is 0. The van der Waals surface area contributed by atoms with Crippen molar-refractivity contribution < 1.29 is 4.21 Å². The van der Waals surface area contributed by atoms with Crippen molar-refractivity contribution in [2.45, 2.75) is 35.8 Å². The molecule has 1 aromatic rings. The molecule has 0 aromatic carbocycles. The maximum Gasteiger partial charge on any atom is 0.129 e. The van der Waals surface area contributed by atoms with Crippen molar-refractivity contribution in [1.29, 1.82) is 0 Å². The minimum atomic E-state index is -0.888. The van der Waals surface area contributed by atoms with E-state index in [1.54, 1.807) is 12.3 Å². The molecule has 0 amide bonds. The molecule has 1 saturated carbocycles. The lowest BCUT2D eigenvalue weighted by atomic mass is 10.4. The molecule has 0 spiro atoms. The van der Waals surface area contributed by atoms with Crippen LogP contribution in [0.25, 0.3) is 0 Å². The van der Waals surface area contributed by atoms with E-state index < -0.39 is 10.8 Å². The van der Waals surface area contributed by atoms with Gasteiger partial charge in [0.2, 0.25) is 0 Å². The lowest BCUT2D eigenvalue weighted by molar-refractivity contribution is 0.669. The molecule has 1 aliphatic rings.